The fraction of sp³-hybridized carbons (Fsp3) is 0.364. The van der Waals surface area contributed by atoms with Gasteiger partial charge in [-0.25, -0.2) is 18.4 Å². The molecule has 9 heteroatoms. The van der Waals surface area contributed by atoms with Crippen molar-refractivity contribution in [2.75, 3.05) is 19.5 Å². The molecule has 0 aromatic carbocycles. The Morgan fingerprint density at radius 3 is 2.70 bits per heavy atom. The Labute approximate surface area is 114 Å². The van der Waals surface area contributed by atoms with E-state index < -0.39 is 9.84 Å². The van der Waals surface area contributed by atoms with Crippen molar-refractivity contribution in [3.8, 4) is 17.1 Å². The molecule has 8 nitrogen and oxygen atoms in total. The molecule has 3 rings (SSSR count). The van der Waals surface area contributed by atoms with E-state index in [9.17, 15) is 8.42 Å². The number of hydrogen-bond donors (Lipinski definition) is 0. The second-order valence-corrected chi connectivity index (χ2v) is 6.20. The predicted octanol–water partition coefficient (Wildman–Crippen LogP) is 0.313. The van der Waals surface area contributed by atoms with Crippen LogP contribution in [0.1, 0.15) is 0 Å². The first-order valence-electron chi connectivity index (χ1n) is 5.74. The maximum Gasteiger partial charge on any atom is 0.250 e. The van der Waals surface area contributed by atoms with E-state index in [0.717, 1.165) is 6.26 Å². The van der Waals surface area contributed by atoms with Gasteiger partial charge in [-0.15, -0.1) is 0 Å². The van der Waals surface area contributed by atoms with Gasteiger partial charge in [-0.05, 0) is 0 Å². The molecule has 20 heavy (non-hydrogen) atoms. The number of aromatic nitrogens is 3. The molecule has 0 amide bonds. The highest BCUT2D eigenvalue weighted by Gasteiger charge is 2.25. The summed E-state index contributed by atoms with van der Waals surface area (Å²) in [5.74, 6) is 0.155. The van der Waals surface area contributed by atoms with Crippen LogP contribution >= 0.6 is 0 Å². The van der Waals surface area contributed by atoms with Crippen LogP contribution in [0.4, 0.5) is 0 Å². The van der Waals surface area contributed by atoms with Crippen LogP contribution < -0.4 is 4.74 Å². The Kier molecular flexibility index (Phi) is 3.14. The average molecular weight is 297 g/mol. The van der Waals surface area contributed by atoms with Gasteiger partial charge >= 0.3 is 0 Å². The molecule has 106 valence electrons. The Morgan fingerprint density at radius 1 is 1.35 bits per heavy atom. The Hall–Kier alpha value is -2.00. The monoisotopic (exact) mass is 297 g/mol. The molecule has 2 aromatic heterocycles. The number of sulfone groups is 1. The Balaban J connectivity index is 2.04. The van der Waals surface area contributed by atoms with Crippen LogP contribution in [-0.4, -0.2) is 48.9 Å². The molecule has 0 saturated carbocycles. The van der Waals surface area contributed by atoms with Crippen LogP contribution in [0.2, 0.25) is 0 Å². The lowest BCUT2D eigenvalue weighted by Gasteiger charge is -2.26. The van der Waals surface area contributed by atoms with E-state index in [1.807, 2.05) is 0 Å². The van der Waals surface area contributed by atoms with Crippen LogP contribution in [0.3, 0.4) is 0 Å². The molecule has 1 aliphatic heterocycles. The first-order valence-corrected chi connectivity index (χ1v) is 7.63. The van der Waals surface area contributed by atoms with Crippen molar-refractivity contribution in [3.05, 3.63) is 18.9 Å². The van der Waals surface area contributed by atoms with Crippen LogP contribution in [-0.2, 0) is 14.6 Å². The van der Waals surface area contributed by atoms with E-state index in [0.29, 0.717) is 24.5 Å². The number of hydrogen-bond acceptors (Lipinski definition) is 8. The lowest BCUT2D eigenvalue weighted by Crippen LogP contribution is -2.39. The van der Waals surface area contributed by atoms with Crippen molar-refractivity contribution < 1.29 is 22.3 Å². The second-order valence-electron chi connectivity index (χ2n) is 4.29. The molecular formula is C11H11N3O5S. The highest BCUT2D eigenvalue weighted by molar-refractivity contribution is 7.90. The molecule has 1 aliphatic rings. The van der Waals surface area contributed by atoms with Crippen molar-refractivity contribution in [2.45, 2.75) is 11.3 Å². The van der Waals surface area contributed by atoms with E-state index >= 15 is 0 Å². The minimum atomic E-state index is -3.51. The standard InChI is InChI=1S/C11H11N3O5S/c1-20(15,16)11-12-2-8(9-5-18-6-13-9)10(14-11)19-7-3-17-4-7/h2,5-7H,3-4H2,1H3. The van der Waals surface area contributed by atoms with Crippen molar-refractivity contribution >= 4 is 9.84 Å². The Bertz CT molecular complexity index is 710. The van der Waals surface area contributed by atoms with Gasteiger partial charge in [-0.2, -0.15) is 4.98 Å². The quantitative estimate of drug-likeness (QED) is 0.743. The zero-order chi connectivity index (χ0) is 14.2. The molecule has 0 radical (unpaired) electrons. The SMILES string of the molecule is CS(=O)(=O)c1ncc(-c2cocn2)c(OC2COC2)n1. The van der Waals surface area contributed by atoms with Crippen molar-refractivity contribution in [1.29, 1.82) is 0 Å². The molecule has 0 aliphatic carbocycles. The van der Waals surface area contributed by atoms with Gasteiger partial charge in [0.05, 0.1) is 18.8 Å². The summed E-state index contributed by atoms with van der Waals surface area (Å²) in [5, 5.41) is -0.292. The van der Waals surface area contributed by atoms with Crippen LogP contribution in [0.25, 0.3) is 11.3 Å². The van der Waals surface area contributed by atoms with Crippen LogP contribution in [0.5, 0.6) is 5.88 Å². The minimum Gasteiger partial charge on any atom is -0.469 e. The van der Waals surface area contributed by atoms with E-state index in [4.69, 9.17) is 13.9 Å². The summed E-state index contributed by atoms with van der Waals surface area (Å²) in [7, 11) is -3.51. The summed E-state index contributed by atoms with van der Waals surface area (Å²) in [6.07, 6.45) is 4.91. The van der Waals surface area contributed by atoms with E-state index in [1.165, 1.54) is 18.9 Å². The summed E-state index contributed by atoms with van der Waals surface area (Å²) >= 11 is 0. The second kappa shape index (κ2) is 4.84. The van der Waals surface area contributed by atoms with Gasteiger partial charge in [-0.3, -0.25) is 0 Å². The third-order valence-corrected chi connectivity index (χ3v) is 3.52. The normalized spacial score (nSPS) is 15.8. The number of ether oxygens (including phenoxy) is 2. The van der Waals surface area contributed by atoms with Crippen LogP contribution in [0.15, 0.2) is 28.4 Å². The lowest BCUT2D eigenvalue weighted by molar-refractivity contribution is -0.0813. The molecule has 3 heterocycles. The fourth-order valence-corrected chi connectivity index (χ4v) is 2.07. The third kappa shape index (κ3) is 2.49. The van der Waals surface area contributed by atoms with E-state index in [2.05, 4.69) is 15.0 Å². The van der Waals surface area contributed by atoms with Crippen LogP contribution in [0, 0.1) is 0 Å². The van der Waals surface area contributed by atoms with E-state index in [-0.39, 0.29) is 17.1 Å². The summed E-state index contributed by atoms with van der Waals surface area (Å²) in [6, 6.07) is 0. The Morgan fingerprint density at radius 2 is 2.15 bits per heavy atom. The highest BCUT2D eigenvalue weighted by Crippen LogP contribution is 2.28. The van der Waals surface area contributed by atoms with Crippen molar-refractivity contribution in [3.63, 3.8) is 0 Å². The summed E-state index contributed by atoms with van der Waals surface area (Å²) in [5.41, 5.74) is 0.943. The molecule has 0 atom stereocenters. The lowest BCUT2D eigenvalue weighted by atomic mass is 10.2. The van der Waals surface area contributed by atoms with Gasteiger partial charge in [-0.1, -0.05) is 0 Å². The highest BCUT2D eigenvalue weighted by atomic mass is 32.2. The van der Waals surface area contributed by atoms with Gasteiger partial charge in [0.25, 0.3) is 0 Å². The van der Waals surface area contributed by atoms with Crippen molar-refractivity contribution in [2.24, 2.45) is 0 Å². The van der Waals surface area contributed by atoms with Gasteiger partial charge in [0.15, 0.2) is 6.39 Å². The minimum absolute atomic E-state index is 0.150. The number of nitrogens with zero attached hydrogens (tertiary/aromatic N) is 3. The van der Waals surface area contributed by atoms with Gasteiger partial charge in [0, 0.05) is 12.5 Å². The third-order valence-electron chi connectivity index (χ3n) is 2.66. The zero-order valence-corrected chi connectivity index (χ0v) is 11.3. The zero-order valence-electron chi connectivity index (χ0n) is 10.5. The predicted molar refractivity (Wildman–Crippen MR) is 65.9 cm³/mol. The molecule has 1 saturated heterocycles. The van der Waals surface area contributed by atoms with E-state index in [1.54, 1.807) is 0 Å². The topological polar surface area (TPSA) is 104 Å². The molecule has 0 unspecified atom stereocenters. The fourth-order valence-electron chi connectivity index (χ4n) is 1.58. The van der Waals surface area contributed by atoms with Gasteiger partial charge in [0.2, 0.25) is 20.9 Å². The largest absolute Gasteiger partial charge is 0.469 e. The van der Waals surface area contributed by atoms with Gasteiger partial charge < -0.3 is 13.9 Å². The molecule has 0 spiro atoms. The first kappa shape index (κ1) is 13.0. The molecule has 0 bridgehead atoms. The number of rotatable bonds is 4. The summed E-state index contributed by atoms with van der Waals surface area (Å²) in [4.78, 5) is 11.8. The first-order chi connectivity index (χ1) is 9.54. The smallest absolute Gasteiger partial charge is 0.250 e. The van der Waals surface area contributed by atoms with Gasteiger partial charge in [0.1, 0.15) is 18.1 Å². The maximum atomic E-state index is 11.5. The average Bonchev–Trinajstić information content (AvgIpc) is 2.86. The number of oxazole rings is 1. The molecular weight excluding hydrogens is 286 g/mol. The summed E-state index contributed by atoms with van der Waals surface area (Å²) in [6.45, 7) is 0.882. The summed E-state index contributed by atoms with van der Waals surface area (Å²) < 4.78 is 38.6. The molecule has 1 fully saturated rings. The molecule has 0 N–H and O–H groups in total. The molecule has 2 aromatic rings. The maximum absolute atomic E-state index is 11.5. The van der Waals surface area contributed by atoms with Crippen molar-refractivity contribution in [1.82, 2.24) is 15.0 Å².